The maximum Gasteiger partial charge on any atom is 0.257 e. The van der Waals surface area contributed by atoms with E-state index in [1.165, 1.54) is 5.56 Å². The third kappa shape index (κ3) is 3.66. The lowest BCUT2D eigenvalue weighted by atomic mass is 9.96. The molecule has 4 aromatic rings. The van der Waals surface area contributed by atoms with Gasteiger partial charge in [-0.2, -0.15) is 5.10 Å². The molecule has 0 radical (unpaired) electrons. The summed E-state index contributed by atoms with van der Waals surface area (Å²) < 4.78 is 1.82. The number of piperidine rings is 1. The van der Waals surface area contributed by atoms with E-state index in [9.17, 15) is 4.79 Å². The van der Waals surface area contributed by atoms with E-state index < -0.39 is 0 Å². The molecule has 0 bridgehead atoms. The number of nitrogens with zero attached hydrogens (tertiary/aromatic N) is 4. The summed E-state index contributed by atoms with van der Waals surface area (Å²) in [6.45, 7) is 2.15. The molecule has 1 saturated heterocycles. The van der Waals surface area contributed by atoms with E-state index in [2.05, 4.69) is 28.3 Å². The Balaban J connectivity index is 1.22. The molecule has 1 aliphatic rings. The van der Waals surface area contributed by atoms with Crippen molar-refractivity contribution >= 4 is 16.9 Å². The molecule has 0 spiro atoms. The highest BCUT2D eigenvalue weighted by Crippen LogP contribution is 2.28. The zero-order chi connectivity index (χ0) is 19.6. The van der Waals surface area contributed by atoms with Crippen LogP contribution in [0.4, 0.5) is 0 Å². The Labute approximate surface area is 169 Å². The van der Waals surface area contributed by atoms with Crippen molar-refractivity contribution in [1.29, 1.82) is 0 Å². The minimum Gasteiger partial charge on any atom is -0.342 e. The lowest BCUT2D eigenvalue weighted by molar-refractivity contribution is 0.0711. The van der Waals surface area contributed by atoms with Crippen LogP contribution >= 0.6 is 0 Å². The SMILES string of the molecule is O=C(c1cnn(Cc2ccccc2)c1)N1CCC(c2nc3ccccc3[nH]2)CC1. The van der Waals surface area contributed by atoms with E-state index >= 15 is 0 Å². The van der Waals surface area contributed by atoms with Crippen molar-refractivity contribution in [1.82, 2.24) is 24.6 Å². The van der Waals surface area contributed by atoms with Crippen LogP contribution in [0, 0.1) is 0 Å². The number of amides is 1. The molecule has 1 amide bonds. The molecule has 6 nitrogen and oxygen atoms in total. The molecule has 0 unspecified atom stereocenters. The number of rotatable bonds is 4. The highest BCUT2D eigenvalue weighted by atomic mass is 16.2. The number of fused-ring (bicyclic) bond motifs is 1. The number of nitrogens with one attached hydrogen (secondary N) is 1. The van der Waals surface area contributed by atoms with Crippen molar-refractivity contribution in [2.75, 3.05) is 13.1 Å². The number of likely N-dealkylation sites (tertiary alicyclic amines) is 1. The second kappa shape index (κ2) is 7.54. The average Bonchev–Trinajstić information content (AvgIpc) is 3.41. The summed E-state index contributed by atoms with van der Waals surface area (Å²) in [5.41, 5.74) is 3.91. The lowest BCUT2D eigenvalue weighted by Crippen LogP contribution is -2.38. The van der Waals surface area contributed by atoms with Gasteiger partial charge >= 0.3 is 0 Å². The predicted octanol–water partition coefficient (Wildman–Crippen LogP) is 3.83. The molecule has 1 aliphatic heterocycles. The van der Waals surface area contributed by atoms with Crippen molar-refractivity contribution < 1.29 is 4.79 Å². The van der Waals surface area contributed by atoms with Gasteiger partial charge in [-0.25, -0.2) is 4.98 Å². The zero-order valence-electron chi connectivity index (χ0n) is 16.2. The van der Waals surface area contributed by atoms with Crippen LogP contribution in [-0.2, 0) is 6.54 Å². The number of imidazole rings is 1. The Morgan fingerprint density at radius 2 is 1.79 bits per heavy atom. The molecule has 5 rings (SSSR count). The van der Waals surface area contributed by atoms with Gasteiger partial charge in [-0.3, -0.25) is 9.48 Å². The molecule has 6 heteroatoms. The maximum absolute atomic E-state index is 12.9. The lowest BCUT2D eigenvalue weighted by Gasteiger charge is -2.30. The zero-order valence-corrected chi connectivity index (χ0v) is 16.2. The van der Waals surface area contributed by atoms with Crippen molar-refractivity contribution in [2.45, 2.75) is 25.3 Å². The van der Waals surface area contributed by atoms with Crippen molar-refractivity contribution in [2.24, 2.45) is 0 Å². The first-order chi connectivity index (χ1) is 14.3. The van der Waals surface area contributed by atoms with Crippen LogP contribution in [0.5, 0.6) is 0 Å². The standard InChI is InChI=1S/C23H23N5O/c29-23(19-14-24-28(16-19)15-17-6-2-1-3-7-17)27-12-10-18(11-13-27)22-25-20-8-4-5-9-21(20)26-22/h1-9,14,16,18H,10-13,15H2,(H,25,26). The van der Waals surface area contributed by atoms with Crippen LogP contribution in [-0.4, -0.2) is 43.6 Å². The fourth-order valence-electron chi connectivity index (χ4n) is 4.04. The molecular weight excluding hydrogens is 362 g/mol. The first kappa shape index (κ1) is 17.7. The van der Waals surface area contributed by atoms with Gasteiger partial charge in [0.05, 0.1) is 29.3 Å². The maximum atomic E-state index is 12.9. The molecule has 0 saturated carbocycles. The summed E-state index contributed by atoms with van der Waals surface area (Å²) in [5, 5.41) is 4.37. The summed E-state index contributed by atoms with van der Waals surface area (Å²) in [6, 6.07) is 18.2. The van der Waals surface area contributed by atoms with Gasteiger partial charge in [-0.1, -0.05) is 42.5 Å². The highest BCUT2D eigenvalue weighted by molar-refractivity contribution is 5.93. The Morgan fingerprint density at radius 3 is 2.59 bits per heavy atom. The van der Waals surface area contributed by atoms with E-state index in [0.29, 0.717) is 18.0 Å². The quantitative estimate of drug-likeness (QED) is 0.581. The second-order valence-electron chi connectivity index (χ2n) is 7.62. The number of H-pyrrole nitrogens is 1. The third-order valence-corrected chi connectivity index (χ3v) is 5.64. The number of para-hydroxylation sites is 2. The largest absolute Gasteiger partial charge is 0.342 e. The van der Waals surface area contributed by atoms with E-state index in [1.54, 1.807) is 6.20 Å². The number of hydrogen-bond donors (Lipinski definition) is 1. The number of hydrogen-bond acceptors (Lipinski definition) is 3. The average molecular weight is 385 g/mol. The van der Waals surface area contributed by atoms with E-state index in [4.69, 9.17) is 4.98 Å². The Hall–Kier alpha value is -3.41. The molecule has 29 heavy (non-hydrogen) atoms. The molecule has 2 aromatic carbocycles. The van der Waals surface area contributed by atoms with E-state index in [1.807, 2.05) is 52.2 Å². The number of benzene rings is 2. The predicted molar refractivity (Wildman–Crippen MR) is 112 cm³/mol. The smallest absolute Gasteiger partial charge is 0.257 e. The van der Waals surface area contributed by atoms with Crippen LogP contribution < -0.4 is 0 Å². The molecule has 0 aliphatic carbocycles. The second-order valence-corrected chi connectivity index (χ2v) is 7.62. The van der Waals surface area contributed by atoms with Gasteiger partial charge in [0.2, 0.25) is 0 Å². The first-order valence-electron chi connectivity index (χ1n) is 10.1. The molecule has 3 heterocycles. The van der Waals surface area contributed by atoms with Crippen LogP contribution in [0.3, 0.4) is 0 Å². The van der Waals surface area contributed by atoms with Crippen molar-refractivity contribution in [3.63, 3.8) is 0 Å². The van der Waals surface area contributed by atoms with Crippen LogP contribution in [0.2, 0.25) is 0 Å². The fourth-order valence-corrected chi connectivity index (χ4v) is 4.04. The highest BCUT2D eigenvalue weighted by Gasteiger charge is 2.27. The summed E-state index contributed by atoms with van der Waals surface area (Å²) >= 11 is 0. The minimum absolute atomic E-state index is 0.0624. The Bertz CT molecular complexity index is 1090. The van der Waals surface area contributed by atoms with Crippen LogP contribution in [0.25, 0.3) is 11.0 Å². The molecule has 146 valence electrons. The summed E-state index contributed by atoms with van der Waals surface area (Å²) in [6.07, 6.45) is 5.37. The van der Waals surface area contributed by atoms with Gasteiger partial charge in [0.15, 0.2) is 0 Å². The van der Waals surface area contributed by atoms with Gasteiger partial charge in [0.25, 0.3) is 5.91 Å². The van der Waals surface area contributed by atoms with Gasteiger partial charge < -0.3 is 9.88 Å². The number of carbonyl (C=O) groups excluding carboxylic acids is 1. The summed E-state index contributed by atoms with van der Waals surface area (Å²) in [4.78, 5) is 23.0. The molecule has 1 fully saturated rings. The van der Waals surface area contributed by atoms with Crippen molar-refractivity contribution in [3.05, 3.63) is 83.9 Å². The van der Waals surface area contributed by atoms with E-state index in [-0.39, 0.29) is 5.91 Å². The Morgan fingerprint density at radius 1 is 1.03 bits per heavy atom. The number of carbonyl (C=O) groups is 1. The molecule has 0 atom stereocenters. The first-order valence-corrected chi connectivity index (χ1v) is 10.1. The third-order valence-electron chi connectivity index (χ3n) is 5.64. The van der Waals surface area contributed by atoms with Crippen LogP contribution in [0.1, 0.15) is 40.5 Å². The van der Waals surface area contributed by atoms with Gasteiger partial charge in [0.1, 0.15) is 5.82 Å². The monoisotopic (exact) mass is 385 g/mol. The molecule has 2 aromatic heterocycles. The van der Waals surface area contributed by atoms with Gasteiger partial charge in [-0.05, 0) is 30.5 Å². The molecular formula is C23H23N5O. The van der Waals surface area contributed by atoms with Crippen molar-refractivity contribution in [3.8, 4) is 0 Å². The topological polar surface area (TPSA) is 66.8 Å². The number of aromatic nitrogens is 4. The van der Waals surface area contributed by atoms with E-state index in [0.717, 1.165) is 42.8 Å². The summed E-state index contributed by atoms with van der Waals surface area (Å²) in [7, 11) is 0. The molecule has 1 N–H and O–H groups in total. The number of aromatic amines is 1. The summed E-state index contributed by atoms with van der Waals surface area (Å²) in [5.74, 6) is 1.47. The Kier molecular flexibility index (Phi) is 4.60. The fraction of sp³-hybridized carbons (Fsp3) is 0.261. The van der Waals surface area contributed by atoms with Crippen LogP contribution in [0.15, 0.2) is 67.0 Å². The normalized spacial score (nSPS) is 15.1. The van der Waals surface area contributed by atoms with Gasteiger partial charge in [-0.15, -0.1) is 0 Å². The van der Waals surface area contributed by atoms with Gasteiger partial charge in [0, 0.05) is 25.2 Å². The minimum atomic E-state index is 0.0624.